The van der Waals surface area contributed by atoms with Crippen LogP contribution in [0.3, 0.4) is 0 Å². The molecule has 17 heteroatoms. The quantitative estimate of drug-likeness (QED) is 0.0889. The molecule has 0 aliphatic carbocycles. The number of carbonyl (C=O) groups excluding carboxylic acids is 2. The van der Waals surface area contributed by atoms with Gasteiger partial charge in [0, 0.05) is 28.4 Å². The molecule has 0 bridgehead atoms. The average Bonchev–Trinajstić information content (AvgIpc) is 3.61. The van der Waals surface area contributed by atoms with Gasteiger partial charge in [0.25, 0.3) is 10.1 Å². The Balaban J connectivity index is 0.000000303. The largest absolute Gasteiger partial charge is 0.465 e. The van der Waals surface area contributed by atoms with E-state index >= 15 is 0 Å². The lowest BCUT2D eigenvalue weighted by Crippen LogP contribution is -2.05. The van der Waals surface area contributed by atoms with Gasteiger partial charge in [-0.15, -0.1) is 0 Å². The molecule has 268 valence electrons. The third-order valence-electron chi connectivity index (χ3n) is 6.32. The topological polar surface area (TPSA) is 202 Å². The van der Waals surface area contributed by atoms with Crippen LogP contribution >= 0.6 is 10.7 Å². The van der Waals surface area contributed by atoms with Crippen molar-refractivity contribution >= 4 is 41.8 Å². The Bertz CT molecular complexity index is 1880. The van der Waals surface area contributed by atoms with Crippen molar-refractivity contribution in [2.24, 2.45) is 0 Å². The summed E-state index contributed by atoms with van der Waals surface area (Å²) in [6.45, 7) is 3.89. The molecule has 0 amide bonds. The molecular weight excluding hydrogens is 704 g/mol. The maximum Gasteiger partial charge on any atom is 0.337 e. The first-order valence-corrected chi connectivity index (χ1v) is 19.1. The summed E-state index contributed by atoms with van der Waals surface area (Å²) < 4.78 is 65.9. The van der Waals surface area contributed by atoms with Crippen molar-refractivity contribution in [3.05, 3.63) is 82.6 Å². The number of carbonyl (C=O) groups is 2. The summed E-state index contributed by atoms with van der Waals surface area (Å²) >= 11 is 0. The van der Waals surface area contributed by atoms with Gasteiger partial charge in [-0.05, 0) is 88.1 Å². The number of aromatic nitrogens is 2. The second-order valence-electron chi connectivity index (χ2n) is 10.3. The summed E-state index contributed by atoms with van der Waals surface area (Å²) in [5.74, 6) is 1.61. The van der Waals surface area contributed by atoms with Crippen LogP contribution in [0.15, 0.2) is 57.4 Å². The number of aryl methyl sites for hydroxylation is 4. The summed E-state index contributed by atoms with van der Waals surface area (Å²) in [5.41, 5.74) is 4.08. The van der Waals surface area contributed by atoms with E-state index < -0.39 is 25.1 Å². The highest BCUT2D eigenvalue weighted by molar-refractivity contribution is 8.13. The molecule has 2 aromatic carbocycles. The molecule has 0 fully saturated rings. The third-order valence-corrected chi connectivity index (χ3v) is 6.91. The molecule has 0 saturated carbocycles. The molecule has 4 aromatic rings. The molecule has 1 N–H and O–H groups in total. The van der Waals surface area contributed by atoms with Crippen molar-refractivity contribution in [3.8, 4) is 22.9 Å². The molecule has 4 rings (SSSR count). The van der Waals surface area contributed by atoms with Gasteiger partial charge < -0.3 is 23.4 Å². The molecule has 49 heavy (non-hydrogen) atoms. The van der Waals surface area contributed by atoms with Crippen LogP contribution in [0.4, 0.5) is 0 Å². The minimum atomic E-state index is -3.42. The van der Waals surface area contributed by atoms with Crippen molar-refractivity contribution < 1.29 is 54.0 Å². The summed E-state index contributed by atoms with van der Waals surface area (Å²) in [7, 11) is 0.562. The lowest BCUT2D eigenvalue weighted by Gasteiger charge is -2.00. The SMILES string of the molecule is COC(=O)c1ccc(-c2nc(CCCO)c(C)o2)cc1.COC(=O)c1ccc(-c2nc(CCCOS(C)(=O)=O)c(C)o2)cc1.CS(=O)(=O)Cl. The van der Waals surface area contributed by atoms with Gasteiger partial charge in [-0.3, -0.25) is 4.18 Å². The minimum absolute atomic E-state index is 0.105. The van der Waals surface area contributed by atoms with E-state index in [1.165, 1.54) is 14.2 Å². The molecule has 0 radical (unpaired) electrons. The average molecular weight is 743 g/mol. The maximum atomic E-state index is 11.4. The van der Waals surface area contributed by atoms with Crippen molar-refractivity contribution in [2.75, 3.05) is 39.9 Å². The zero-order valence-corrected chi connectivity index (χ0v) is 30.3. The van der Waals surface area contributed by atoms with E-state index in [1.807, 2.05) is 6.92 Å². The molecule has 2 aromatic heterocycles. The van der Waals surface area contributed by atoms with Crippen LogP contribution in [0.2, 0.25) is 0 Å². The van der Waals surface area contributed by atoms with E-state index in [0.717, 1.165) is 40.8 Å². The Morgan fingerprint density at radius 1 is 0.735 bits per heavy atom. The number of methoxy groups -OCH3 is 2. The number of nitrogens with zero attached hydrogens (tertiary/aromatic N) is 2. The number of esters is 2. The number of hydrogen-bond donors (Lipinski definition) is 1. The molecule has 0 spiro atoms. The number of aliphatic hydroxyl groups excluding tert-OH is 1. The molecular formula is C32H39ClN2O12S2. The zero-order valence-electron chi connectivity index (χ0n) is 27.9. The fourth-order valence-corrected chi connectivity index (χ4v) is 4.42. The van der Waals surface area contributed by atoms with Gasteiger partial charge in [-0.25, -0.2) is 28.0 Å². The minimum Gasteiger partial charge on any atom is -0.465 e. The van der Waals surface area contributed by atoms with Crippen LogP contribution in [0.25, 0.3) is 22.9 Å². The number of halogens is 1. The van der Waals surface area contributed by atoms with Gasteiger partial charge in [-0.1, -0.05) is 0 Å². The van der Waals surface area contributed by atoms with Gasteiger partial charge in [-0.2, -0.15) is 8.42 Å². The standard InChI is InChI=1S/C16H19NO6S.C15H17NO4.CH3ClO2S/c1-11-14(5-4-10-22-24(3,19)20)17-15(23-11)12-6-8-13(9-7-12)16(18)21-2;1-10-13(4-3-9-17)16-14(20-10)11-5-7-12(8-6-11)15(18)19-2;1-5(2,3)4/h6-9H,4-5,10H2,1-3H3;5-8,17H,3-4,9H2,1-2H3;1H3. The molecule has 0 saturated heterocycles. The summed E-state index contributed by atoms with van der Waals surface area (Å²) in [5, 5.41) is 8.85. The number of benzene rings is 2. The maximum absolute atomic E-state index is 11.4. The Kier molecular flexibility index (Phi) is 16.1. The molecule has 0 atom stereocenters. The van der Waals surface area contributed by atoms with Crippen LogP contribution in [0.1, 0.15) is 56.5 Å². The van der Waals surface area contributed by atoms with Gasteiger partial charge in [0.1, 0.15) is 11.5 Å². The van der Waals surface area contributed by atoms with Crippen LogP contribution < -0.4 is 0 Å². The molecule has 0 aliphatic heterocycles. The van der Waals surface area contributed by atoms with Gasteiger partial charge in [0.05, 0.1) is 55.9 Å². The smallest absolute Gasteiger partial charge is 0.337 e. The molecule has 0 unspecified atom stereocenters. The lowest BCUT2D eigenvalue weighted by molar-refractivity contribution is 0.0592. The van der Waals surface area contributed by atoms with E-state index in [9.17, 15) is 26.4 Å². The number of aliphatic hydroxyl groups is 1. The predicted octanol–water partition coefficient (Wildman–Crippen LogP) is 4.89. The Hall–Kier alpha value is -4.09. The van der Waals surface area contributed by atoms with Crippen molar-refractivity contribution in [3.63, 3.8) is 0 Å². The summed E-state index contributed by atoms with van der Waals surface area (Å²) in [4.78, 5) is 31.6. The third kappa shape index (κ3) is 14.9. The Morgan fingerprint density at radius 2 is 1.10 bits per heavy atom. The summed E-state index contributed by atoms with van der Waals surface area (Å²) in [6, 6.07) is 13.6. The van der Waals surface area contributed by atoms with E-state index in [4.69, 9.17) is 18.1 Å². The van der Waals surface area contributed by atoms with Crippen LogP contribution in [0, 0.1) is 13.8 Å². The fourth-order valence-electron chi connectivity index (χ4n) is 4.00. The molecule has 0 aliphatic rings. The Morgan fingerprint density at radius 3 is 1.43 bits per heavy atom. The number of oxazole rings is 2. The van der Waals surface area contributed by atoms with Gasteiger partial charge in [0.15, 0.2) is 0 Å². The normalized spacial score (nSPS) is 11.1. The monoisotopic (exact) mass is 742 g/mol. The van der Waals surface area contributed by atoms with Crippen molar-refractivity contribution in [1.82, 2.24) is 9.97 Å². The highest BCUT2D eigenvalue weighted by atomic mass is 35.7. The van der Waals surface area contributed by atoms with E-state index in [1.54, 1.807) is 55.5 Å². The van der Waals surface area contributed by atoms with Crippen molar-refractivity contribution in [1.29, 1.82) is 0 Å². The van der Waals surface area contributed by atoms with E-state index in [-0.39, 0.29) is 19.2 Å². The second-order valence-corrected chi connectivity index (χ2v) is 15.0. The fraction of sp³-hybridized carbons (Fsp3) is 0.375. The Labute approximate surface area is 289 Å². The lowest BCUT2D eigenvalue weighted by atomic mass is 10.1. The molecule has 14 nitrogen and oxygen atoms in total. The highest BCUT2D eigenvalue weighted by Gasteiger charge is 2.14. The first-order valence-electron chi connectivity index (χ1n) is 14.6. The summed E-state index contributed by atoms with van der Waals surface area (Å²) in [6.07, 6.45) is 4.35. The van der Waals surface area contributed by atoms with Crippen LogP contribution in [-0.2, 0) is 45.7 Å². The van der Waals surface area contributed by atoms with Gasteiger partial charge in [0.2, 0.25) is 20.8 Å². The number of ether oxygens (including phenoxy) is 2. The van der Waals surface area contributed by atoms with Crippen molar-refractivity contribution in [2.45, 2.75) is 39.5 Å². The van der Waals surface area contributed by atoms with E-state index in [0.29, 0.717) is 54.4 Å². The van der Waals surface area contributed by atoms with Crippen LogP contribution in [-0.4, -0.2) is 83.8 Å². The highest BCUT2D eigenvalue weighted by Crippen LogP contribution is 2.24. The number of rotatable bonds is 12. The van der Waals surface area contributed by atoms with E-state index in [2.05, 4.69) is 30.1 Å². The van der Waals surface area contributed by atoms with Crippen LogP contribution in [0.5, 0.6) is 0 Å². The second kappa shape index (κ2) is 19.2. The first kappa shape index (κ1) is 41.1. The predicted molar refractivity (Wildman–Crippen MR) is 181 cm³/mol. The van der Waals surface area contributed by atoms with Gasteiger partial charge >= 0.3 is 11.9 Å². The molecule has 2 heterocycles. The first-order chi connectivity index (χ1) is 22.9. The number of hydrogen-bond acceptors (Lipinski definition) is 14. The zero-order chi connectivity index (χ0) is 36.8.